The van der Waals surface area contributed by atoms with Gasteiger partial charge in [-0.05, 0) is 55.3 Å². The quantitative estimate of drug-likeness (QED) is 0.505. The molecule has 1 N–H and O–H groups in total. The van der Waals surface area contributed by atoms with Gasteiger partial charge in [-0.2, -0.15) is 0 Å². The number of aromatic nitrogens is 1. The van der Waals surface area contributed by atoms with Gasteiger partial charge in [0, 0.05) is 29.1 Å². The Morgan fingerprint density at radius 1 is 1.13 bits per heavy atom. The van der Waals surface area contributed by atoms with Gasteiger partial charge in [0.25, 0.3) is 0 Å². The van der Waals surface area contributed by atoms with Crippen LogP contribution in [-0.2, 0) is 16.1 Å². The zero-order valence-corrected chi connectivity index (χ0v) is 19.0. The lowest BCUT2D eigenvalue weighted by molar-refractivity contribution is -0.150. The summed E-state index contributed by atoms with van der Waals surface area (Å²) in [6, 6.07) is 10.6. The maximum atomic E-state index is 12.1. The monoisotopic (exact) mass is 443 g/mol. The van der Waals surface area contributed by atoms with E-state index in [0.717, 1.165) is 27.7 Å². The lowest BCUT2D eigenvalue weighted by atomic mass is 10.1. The third kappa shape index (κ3) is 4.54. The Morgan fingerprint density at radius 3 is 2.45 bits per heavy atom. The third-order valence-electron chi connectivity index (χ3n) is 5.52. The van der Waals surface area contributed by atoms with Crippen LogP contribution in [0.5, 0.6) is 5.75 Å². The van der Waals surface area contributed by atoms with Crippen LogP contribution in [0.4, 0.5) is 0 Å². The number of esters is 1. The van der Waals surface area contributed by atoms with Gasteiger partial charge in [0.2, 0.25) is 0 Å². The van der Waals surface area contributed by atoms with Crippen molar-refractivity contribution >= 4 is 34.4 Å². The van der Waals surface area contributed by atoms with E-state index in [4.69, 9.17) is 21.1 Å². The number of halogens is 1. The molecule has 0 fully saturated rings. The molecule has 1 heterocycles. The molecule has 1 unspecified atom stereocenters. The molecule has 6 nitrogen and oxygen atoms in total. The number of hydrogen-bond donors (Lipinski definition) is 1. The van der Waals surface area contributed by atoms with Crippen molar-refractivity contribution in [2.45, 2.75) is 40.3 Å². The van der Waals surface area contributed by atoms with Gasteiger partial charge in [0.05, 0.1) is 17.7 Å². The Balaban J connectivity index is 1.98. The van der Waals surface area contributed by atoms with Gasteiger partial charge < -0.3 is 19.1 Å². The standard InChI is InChI=1S/C24H26ClNO5/c1-13(2)22(24(29)30-5)31-21-10-16(6-8-19(21)25)12-26-15(4)14(3)18-11-17(23(27)28)7-9-20(18)26/h6-11,13,22H,12H2,1-5H3,(H,27,28). The normalized spacial score (nSPS) is 12.2. The van der Waals surface area contributed by atoms with Gasteiger partial charge in [-0.15, -0.1) is 0 Å². The molecule has 0 bridgehead atoms. The number of aryl methyl sites for hydroxylation is 1. The lowest BCUT2D eigenvalue weighted by Gasteiger charge is -2.21. The molecule has 0 radical (unpaired) electrons. The minimum absolute atomic E-state index is 0.0890. The maximum absolute atomic E-state index is 12.1. The van der Waals surface area contributed by atoms with Crippen LogP contribution in [0.25, 0.3) is 10.9 Å². The highest BCUT2D eigenvalue weighted by atomic mass is 35.5. The van der Waals surface area contributed by atoms with E-state index in [1.54, 1.807) is 18.2 Å². The van der Waals surface area contributed by atoms with E-state index in [1.165, 1.54) is 7.11 Å². The second kappa shape index (κ2) is 9.02. The molecule has 0 aliphatic rings. The summed E-state index contributed by atoms with van der Waals surface area (Å²) in [7, 11) is 1.33. The summed E-state index contributed by atoms with van der Waals surface area (Å²) < 4.78 is 12.9. The molecule has 0 aliphatic carbocycles. The predicted octanol–water partition coefficient (Wildman–Crippen LogP) is 5.23. The topological polar surface area (TPSA) is 77.8 Å². The Bertz CT molecular complexity index is 1150. The minimum atomic E-state index is -0.948. The summed E-state index contributed by atoms with van der Waals surface area (Å²) in [6.07, 6.45) is -0.761. The van der Waals surface area contributed by atoms with E-state index in [-0.39, 0.29) is 11.5 Å². The van der Waals surface area contributed by atoms with Crippen LogP contribution in [0, 0.1) is 19.8 Å². The molecule has 1 aromatic heterocycles. The summed E-state index contributed by atoms with van der Waals surface area (Å²) in [6.45, 7) is 8.29. The number of methoxy groups -OCH3 is 1. The number of hydrogen-bond acceptors (Lipinski definition) is 4. The highest BCUT2D eigenvalue weighted by Gasteiger charge is 2.26. The Labute approximate surface area is 186 Å². The van der Waals surface area contributed by atoms with Crippen molar-refractivity contribution < 1.29 is 24.2 Å². The summed E-state index contributed by atoms with van der Waals surface area (Å²) in [5.41, 5.74) is 4.23. The highest BCUT2D eigenvalue weighted by molar-refractivity contribution is 6.32. The van der Waals surface area contributed by atoms with Crippen LogP contribution in [-0.4, -0.2) is 34.8 Å². The first-order valence-corrected chi connectivity index (χ1v) is 10.4. The number of carbonyl (C=O) groups is 2. The molecule has 3 aromatic rings. The zero-order valence-electron chi connectivity index (χ0n) is 18.2. The highest BCUT2D eigenvalue weighted by Crippen LogP contribution is 2.31. The SMILES string of the molecule is COC(=O)C(Oc1cc(Cn2c(C)c(C)c3cc(C(=O)O)ccc32)ccc1Cl)C(C)C. The van der Waals surface area contributed by atoms with Crippen LogP contribution < -0.4 is 4.74 Å². The molecule has 0 saturated heterocycles. The van der Waals surface area contributed by atoms with Crippen molar-refractivity contribution in [2.75, 3.05) is 7.11 Å². The summed E-state index contributed by atoms with van der Waals surface area (Å²) in [5.74, 6) is -1.07. The van der Waals surface area contributed by atoms with Gasteiger partial charge in [-0.1, -0.05) is 31.5 Å². The molecule has 3 rings (SSSR count). The van der Waals surface area contributed by atoms with Crippen LogP contribution in [0.1, 0.15) is 41.0 Å². The predicted molar refractivity (Wildman–Crippen MR) is 120 cm³/mol. The number of carboxylic acid groups (broad SMARTS) is 1. The minimum Gasteiger partial charge on any atom is -0.478 e. The van der Waals surface area contributed by atoms with Crippen molar-refractivity contribution in [1.82, 2.24) is 4.57 Å². The second-order valence-corrected chi connectivity index (χ2v) is 8.31. The number of rotatable bonds is 7. The molecule has 7 heteroatoms. The van der Waals surface area contributed by atoms with Crippen LogP contribution in [0.3, 0.4) is 0 Å². The molecule has 31 heavy (non-hydrogen) atoms. The summed E-state index contributed by atoms with van der Waals surface area (Å²) in [4.78, 5) is 23.4. The molecule has 0 spiro atoms. The molecule has 1 atom stereocenters. The Hall–Kier alpha value is -2.99. The third-order valence-corrected chi connectivity index (χ3v) is 5.83. The van der Waals surface area contributed by atoms with Crippen molar-refractivity contribution in [3.05, 3.63) is 63.8 Å². The maximum Gasteiger partial charge on any atom is 0.347 e. The smallest absolute Gasteiger partial charge is 0.347 e. The number of carboxylic acids is 1. The van der Waals surface area contributed by atoms with E-state index < -0.39 is 18.0 Å². The average Bonchev–Trinajstić information content (AvgIpc) is 2.97. The first kappa shape index (κ1) is 22.7. The fourth-order valence-electron chi connectivity index (χ4n) is 3.61. The number of ether oxygens (including phenoxy) is 2. The van der Waals surface area contributed by atoms with Crippen molar-refractivity contribution in [1.29, 1.82) is 0 Å². The van der Waals surface area contributed by atoms with Crippen LogP contribution in [0.15, 0.2) is 36.4 Å². The molecular formula is C24H26ClNO5. The number of aromatic carboxylic acids is 1. The number of carbonyl (C=O) groups excluding carboxylic acids is 1. The molecule has 164 valence electrons. The molecule has 0 aliphatic heterocycles. The molecule has 0 saturated carbocycles. The van der Waals surface area contributed by atoms with Gasteiger partial charge in [0.1, 0.15) is 5.75 Å². The number of nitrogens with zero attached hydrogens (tertiary/aromatic N) is 1. The van der Waals surface area contributed by atoms with E-state index in [9.17, 15) is 14.7 Å². The van der Waals surface area contributed by atoms with Crippen molar-refractivity contribution in [2.24, 2.45) is 5.92 Å². The number of fused-ring (bicyclic) bond motifs is 1. The molecular weight excluding hydrogens is 418 g/mol. The first-order valence-electron chi connectivity index (χ1n) is 9.99. The van der Waals surface area contributed by atoms with E-state index in [2.05, 4.69) is 4.57 Å². The largest absolute Gasteiger partial charge is 0.478 e. The fraction of sp³-hybridized carbons (Fsp3) is 0.333. The number of benzene rings is 2. The van der Waals surface area contributed by atoms with Gasteiger partial charge in [-0.25, -0.2) is 9.59 Å². The fourth-order valence-corrected chi connectivity index (χ4v) is 3.78. The zero-order chi connectivity index (χ0) is 22.9. The summed E-state index contributed by atoms with van der Waals surface area (Å²) in [5, 5.41) is 10.6. The molecule has 0 amide bonds. The van der Waals surface area contributed by atoms with E-state index in [0.29, 0.717) is 17.3 Å². The Kier molecular flexibility index (Phi) is 6.60. The van der Waals surface area contributed by atoms with Crippen molar-refractivity contribution in [3.63, 3.8) is 0 Å². The van der Waals surface area contributed by atoms with Crippen LogP contribution >= 0.6 is 11.6 Å². The van der Waals surface area contributed by atoms with Crippen LogP contribution in [0.2, 0.25) is 5.02 Å². The van der Waals surface area contributed by atoms with E-state index >= 15 is 0 Å². The van der Waals surface area contributed by atoms with Gasteiger partial charge in [-0.3, -0.25) is 0 Å². The Morgan fingerprint density at radius 2 is 1.84 bits per heavy atom. The first-order chi connectivity index (χ1) is 14.6. The van der Waals surface area contributed by atoms with Gasteiger partial charge >= 0.3 is 11.9 Å². The lowest BCUT2D eigenvalue weighted by Crippen LogP contribution is -2.33. The van der Waals surface area contributed by atoms with Crippen molar-refractivity contribution in [3.8, 4) is 5.75 Å². The second-order valence-electron chi connectivity index (χ2n) is 7.90. The summed E-state index contributed by atoms with van der Waals surface area (Å²) >= 11 is 6.33. The molecule has 2 aromatic carbocycles. The van der Waals surface area contributed by atoms with E-state index in [1.807, 2.05) is 45.9 Å². The average molecular weight is 444 g/mol. The van der Waals surface area contributed by atoms with Gasteiger partial charge in [0.15, 0.2) is 6.10 Å².